The number of nitrogens with one attached hydrogen (secondary N) is 1. The number of fused-ring (bicyclic) bond motifs is 1. The predicted octanol–water partition coefficient (Wildman–Crippen LogP) is 4.25. The van der Waals surface area contributed by atoms with Crippen LogP contribution in [0.4, 0.5) is 4.39 Å². The molecule has 2 aromatic carbocycles. The van der Waals surface area contributed by atoms with E-state index in [1.807, 2.05) is 18.2 Å². The first-order chi connectivity index (χ1) is 9.22. The van der Waals surface area contributed by atoms with E-state index in [-0.39, 0.29) is 5.82 Å². The third-order valence-corrected chi connectivity index (χ3v) is 3.67. The van der Waals surface area contributed by atoms with Gasteiger partial charge in [-0.3, -0.25) is 0 Å². The molecule has 1 aromatic heterocycles. The lowest BCUT2D eigenvalue weighted by Crippen LogP contribution is -1.92. The molecule has 0 unspecified atom stereocenters. The number of aromatic amines is 1. The molecule has 0 radical (unpaired) electrons. The molecule has 3 rings (SSSR count). The van der Waals surface area contributed by atoms with Gasteiger partial charge in [0.05, 0.1) is 15.5 Å². The molecule has 96 valence electrons. The average molecular weight is 319 g/mol. The molecular formula is C15H12BrFN2. The zero-order chi connectivity index (χ0) is 13.2. The molecule has 0 atom stereocenters. The van der Waals surface area contributed by atoms with E-state index >= 15 is 0 Å². The fraction of sp³-hybridized carbons (Fsp3) is 0.133. The first-order valence-electron chi connectivity index (χ1n) is 6.10. The highest BCUT2D eigenvalue weighted by Crippen LogP contribution is 2.22. The number of aromatic nitrogens is 2. The first kappa shape index (κ1) is 12.4. The first-order valence-corrected chi connectivity index (χ1v) is 6.89. The minimum Gasteiger partial charge on any atom is -0.342 e. The zero-order valence-electron chi connectivity index (χ0n) is 10.2. The molecule has 0 spiro atoms. The van der Waals surface area contributed by atoms with Crippen LogP contribution in [-0.2, 0) is 12.8 Å². The number of aryl methyl sites for hydroxylation is 2. The molecule has 0 aliphatic carbocycles. The van der Waals surface area contributed by atoms with Crippen molar-refractivity contribution in [1.29, 1.82) is 0 Å². The summed E-state index contributed by atoms with van der Waals surface area (Å²) in [5.41, 5.74) is 2.80. The van der Waals surface area contributed by atoms with Gasteiger partial charge in [-0.25, -0.2) is 9.37 Å². The minimum absolute atomic E-state index is 0.272. The summed E-state index contributed by atoms with van der Waals surface area (Å²) in [6.45, 7) is 0. The summed E-state index contributed by atoms with van der Waals surface area (Å²) in [6.07, 6.45) is 1.74. The van der Waals surface area contributed by atoms with Crippen LogP contribution in [0.15, 0.2) is 46.9 Å². The molecule has 0 saturated heterocycles. The van der Waals surface area contributed by atoms with Gasteiger partial charge in [-0.1, -0.05) is 30.3 Å². The van der Waals surface area contributed by atoms with Gasteiger partial charge >= 0.3 is 0 Å². The van der Waals surface area contributed by atoms with Gasteiger partial charge in [0.1, 0.15) is 11.6 Å². The molecule has 2 nitrogen and oxygen atoms in total. The van der Waals surface area contributed by atoms with Gasteiger partial charge in [-0.2, -0.15) is 0 Å². The van der Waals surface area contributed by atoms with Crippen LogP contribution in [-0.4, -0.2) is 9.97 Å². The van der Waals surface area contributed by atoms with Crippen molar-refractivity contribution in [1.82, 2.24) is 9.97 Å². The molecule has 0 saturated carbocycles. The van der Waals surface area contributed by atoms with Gasteiger partial charge in [-0.05, 0) is 34.0 Å². The maximum Gasteiger partial charge on any atom is 0.139 e. The van der Waals surface area contributed by atoms with Crippen LogP contribution in [0.3, 0.4) is 0 Å². The second kappa shape index (κ2) is 5.13. The minimum atomic E-state index is -0.272. The second-order valence-electron chi connectivity index (χ2n) is 4.45. The fourth-order valence-electron chi connectivity index (χ4n) is 2.08. The summed E-state index contributed by atoms with van der Waals surface area (Å²) >= 11 is 3.17. The number of hydrogen-bond acceptors (Lipinski definition) is 1. The SMILES string of the molecule is Fc1cc2[nH]c(CCc3ccccc3)nc2cc1Br. The predicted molar refractivity (Wildman–Crippen MR) is 77.6 cm³/mol. The van der Waals surface area contributed by atoms with Gasteiger partial charge in [0, 0.05) is 12.5 Å². The highest BCUT2D eigenvalue weighted by Gasteiger charge is 2.07. The lowest BCUT2D eigenvalue weighted by molar-refractivity contribution is 0.623. The maximum atomic E-state index is 13.4. The van der Waals surface area contributed by atoms with E-state index in [2.05, 4.69) is 38.0 Å². The Balaban J connectivity index is 1.82. The van der Waals surface area contributed by atoms with E-state index in [0.29, 0.717) is 4.47 Å². The number of halogens is 2. The van der Waals surface area contributed by atoms with Crippen molar-refractivity contribution in [3.05, 3.63) is 64.1 Å². The van der Waals surface area contributed by atoms with E-state index in [4.69, 9.17) is 0 Å². The number of benzene rings is 2. The highest BCUT2D eigenvalue weighted by atomic mass is 79.9. The van der Waals surface area contributed by atoms with Crippen LogP contribution in [0.1, 0.15) is 11.4 Å². The Kier molecular flexibility index (Phi) is 3.34. The second-order valence-corrected chi connectivity index (χ2v) is 5.31. The lowest BCUT2D eigenvalue weighted by atomic mass is 10.1. The Morgan fingerprint density at radius 1 is 1.11 bits per heavy atom. The quantitative estimate of drug-likeness (QED) is 0.768. The van der Waals surface area contributed by atoms with E-state index < -0.39 is 0 Å². The molecule has 0 bridgehead atoms. The molecule has 3 aromatic rings. The Bertz CT molecular complexity index is 668. The van der Waals surface area contributed by atoms with Crippen molar-refractivity contribution in [2.75, 3.05) is 0 Å². The number of nitrogens with zero attached hydrogens (tertiary/aromatic N) is 1. The van der Waals surface area contributed by atoms with E-state index in [9.17, 15) is 4.39 Å². The molecule has 0 aliphatic heterocycles. The number of imidazole rings is 1. The molecule has 4 heteroatoms. The van der Waals surface area contributed by atoms with Gasteiger partial charge in [0.2, 0.25) is 0 Å². The summed E-state index contributed by atoms with van der Waals surface area (Å²) in [6, 6.07) is 13.4. The van der Waals surface area contributed by atoms with Crippen LogP contribution in [0.5, 0.6) is 0 Å². The zero-order valence-corrected chi connectivity index (χ0v) is 11.7. The molecular weight excluding hydrogens is 307 g/mol. The van der Waals surface area contributed by atoms with Crippen LogP contribution < -0.4 is 0 Å². The third-order valence-electron chi connectivity index (χ3n) is 3.07. The molecule has 0 amide bonds. The summed E-state index contributed by atoms with van der Waals surface area (Å²) in [4.78, 5) is 7.64. The number of rotatable bonds is 3. The molecule has 1 heterocycles. The standard InChI is InChI=1S/C15H12BrFN2/c16-11-8-13-14(9-12(11)17)19-15(18-13)7-6-10-4-2-1-3-5-10/h1-5,8-9H,6-7H2,(H,18,19). The summed E-state index contributed by atoms with van der Waals surface area (Å²) in [5, 5.41) is 0. The molecule has 19 heavy (non-hydrogen) atoms. The monoisotopic (exact) mass is 318 g/mol. The van der Waals surface area contributed by atoms with Crippen molar-refractivity contribution < 1.29 is 4.39 Å². The Labute approximate surface area is 118 Å². The lowest BCUT2D eigenvalue weighted by Gasteiger charge is -1.97. The number of hydrogen-bond donors (Lipinski definition) is 1. The van der Waals surface area contributed by atoms with Crippen molar-refractivity contribution in [2.45, 2.75) is 12.8 Å². The highest BCUT2D eigenvalue weighted by molar-refractivity contribution is 9.10. The van der Waals surface area contributed by atoms with Gasteiger partial charge in [-0.15, -0.1) is 0 Å². The van der Waals surface area contributed by atoms with Crippen molar-refractivity contribution in [3.8, 4) is 0 Å². The average Bonchev–Trinajstić information content (AvgIpc) is 2.80. The summed E-state index contributed by atoms with van der Waals surface area (Å²) in [5.74, 6) is 0.613. The van der Waals surface area contributed by atoms with Crippen LogP contribution in [0.2, 0.25) is 0 Å². The topological polar surface area (TPSA) is 28.7 Å². The fourth-order valence-corrected chi connectivity index (χ4v) is 2.41. The Morgan fingerprint density at radius 2 is 1.89 bits per heavy atom. The van der Waals surface area contributed by atoms with Crippen LogP contribution in [0.25, 0.3) is 11.0 Å². The van der Waals surface area contributed by atoms with E-state index in [0.717, 1.165) is 29.7 Å². The maximum absolute atomic E-state index is 13.4. The van der Waals surface area contributed by atoms with Crippen molar-refractivity contribution >= 4 is 27.0 Å². The van der Waals surface area contributed by atoms with E-state index in [1.54, 1.807) is 6.07 Å². The van der Waals surface area contributed by atoms with Crippen molar-refractivity contribution in [3.63, 3.8) is 0 Å². The van der Waals surface area contributed by atoms with E-state index in [1.165, 1.54) is 11.6 Å². The summed E-state index contributed by atoms with van der Waals surface area (Å²) in [7, 11) is 0. The normalized spacial score (nSPS) is 11.1. The smallest absolute Gasteiger partial charge is 0.139 e. The Morgan fingerprint density at radius 3 is 2.68 bits per heavy atom. The largest absolute Gasteiger partial charge is 0.342 e. The number of H-pyrrole nitrogens is 1. The van der Waals surface area contributed by atoms with Gasteiger partial charge in [0.15, 0.2) is 0 Å². The molecule has 0 aliphatic rings. The summed E-state index contributed by atoms with van der Waals surface area (Å²) < 4.78 is 13.9. The third kappa shape index (κ3) is 2.68. The van der Waals surface area contributed by atoms with Gasteiger partial charge in [0.25, 0.3) is 0 Å². The van der Waals surface area contributed by atoms with Crippen LogP contribution >= 0.6 is 15.9 Å². The van der Waals surface area contributed by atoms with Gasteiger partial charge < -0.3 is 4.98 Å². The Hall–Kier alpha value is -1.68. The van der Waals surface area contributed by atoms with Crippen molar-refractivity contribution in [2.24, 2.45) is 0 Å². The molecule has 1 N–H and O–H groups in total. The molecule has 0 fully saturated rings. The van der Waals surface area contributed by atoms with Crippen LogP contribution in [0, 0.1) is 5.82 Å².